The molecule has 3 aromatic heterocycles. The van der Waals surface area contributed by atoms with Gasteiger partial charge in [-0.05, 0) is 32.0 Å². The minimum Gasteiger partial charge on any atom is -0.399 e. The van der Waals surface area contributed by atoms with Crippen molar-refractivity contribution in [1.29, 1.82) is 0 Å². The summed E-state index contributed by atoms with van der Waals surface area (Å²) in [5.74, 6) is -0.684. The molecule has 35 heavy (non-hydrogen) atoms. The summed E-state index contributed by atoms with van der Waals surface area (Å²) in [6.07, 6.45) is 9.53. The molecular formula is C24H25FN8O2. The lowest BCUT2D eigenvalue weighted by molar-refractivity contribution is 0.102. The van der Waals surface area contributed by atoms with Crippen molar-refractivity contribution in [1.82, 2.24) is 24.7 Å². The topological polar surface area (TPSA) is 133 Å². The van der Waals surface area contributed by atoms with Crippen molar-refractivity contribution in [3.63, 3.8) is 0 Å². The molecule has 3 rings (SSSR count). The first-order chi connectivity index (χ1) is 16.8. The number of oxime groups is 1. The number of hydrogen-bond donors (Lipinski definition) is 2. The number of allylic oxidation sites excluding steroid dienone is 5. The number of amides is 1. The van der Waals surface area contributed by atoms with Crippen LogP contribution in [0.2, 0.25) is 0 Å². The first-order valence-electron chi connectivity index (χ1n) is 10.5. The maximum atomic E-state index is 14.0. The van der Waals surface area contributed by atoms with Crippen LogP contribution in [-0.2, 0) is 11.4 Å². The van der Waals surface area contributed by atoms with Crippen LogP contribution in [0, 0.1) is 0 Å². The van der Waals surface area contributed by atoms with Crippen LogP contribution in [0.3, 0.4) is 0 Å². The predicted octanol–water partition coefficient (Wildman–Crippen LogP) is 3.93. The van der Waals surface area contributed by atoms with Gasteiger partial charge in [0, 0.05) is 23.5 Å². The third-order valence-corrected chi connectivity index (χ3v) is 4.78. The Hall–Kier alpha value is -4.67. The van der Waals surface area contributed by atoms with Gasteiger partial charge in [-0.15, -0.1) is 0 Å². The number of anilines is 2. The van der Waals surface area contributed by atoms with Crippen LogP contribution < -0.4 is 11.1 Å². The van der Waals surface area contributed by atoms with Gasteiger partial charge < -0.3 is 15.9 Å². The summed E-state index contributed by atoms with van der Waals surface area (Å²) in [7, 11) is 1.43. The highest BCUT2D eigenvalue weighted by molar-refractivity contribution is 6.05. The predicted molar refractivity (Wildman–Crippen MR) is 132 cm³/mol. The van der Waals surface area contributed by atoms with Crippen molar-refractivity contribution in [3.8, 4) is 11.5 Å². The third kappa shape index (κ3) is 6.22. The van der Waals surface area contributed by atoms with Gasteiger partial charge in [0.1, 0.15) is 30.0 Å². The summed E-state index contributed by atoms with van der Waals surface area (Å²) >= 11 is 0. The van der Waals surface area contributed by atoms with Gasteiger partial charge >= 0.3 is 0 Å². The molecule has 0 atom stereocenters. The molecule has 0 aliphatic heterocycles. The summed E-state index contributed by atoms with van der Waals surface area (Å²) in [5, 5.41) is 11.2. The van der Waals surface area contributed by atoms with Crippen molar-refractivity contribution < 1.29 is 14.0 Å². The van der Waals surface area contributed by atoms with Gasteiger partial charge in [0.25, 0.3) is 5.91 Å². The highest BCUT2D eigenvalue weighted by Gasteiger charge is 2.18. The number of hydrogen-bond acceptors (Lipinski definition) is 8. The first kappa shape index (κ1) is 25.0. The smallest absolute Gasteiger partial charge is 0.255 e. The molecule has 3 aromatic rings. The molecule has 0 aliphatic carbocycles. The van der Waals surface area contributed by atoms with E-state index in [9.17, 15) is 9.18 Å². The number of halogens is 1. The van der Waals surface area contributed by atoms with Gasteiger partial charge in [-0.1, -0.05) is 30.0 Å². The fourth-order valence-corrected chi connectivity index (χ4v) is 3.04. The Morgan fingerprint density at radius 2 is 2.11 bits per heavy atom. The molecule has 0 spiro atoms. The number of nitrogens with two attached hydrogens (primary N) is 1. The lowest BCUT2D eigenvalue weighted by Crippen LogP contribution is -2.14. The van der Waals surface area contributed by atoms with E-state index in [0.29, 0.717) is 28.2 Å². The standard InChI is InChI=1S/C24H25FN8O2/c1-5-6-7-18(15(2)25)14-33-21(16(3)32-35-4)12-19(31-33)23-28-13-20(22(26)30-23)29-24(34)17-8-10-27-11-9-17/h5-13H,2,14H2,1,3-4H3,(H,29,34)(H2,26,28,30)/b6-5-,18-7-,32-16+. The van der Waals surface area contributed by atoms with E-state index in [-0.39, 0.29) is 29.8 Å². The van der Waals surface area contributed by atoms with E-state index in [0.717, 1.165) is 0 Å². The van der Waals surface area contributed by atoms with Crippen LogP contribution in [0.5, 0.6) is 0 Å². The van der Waals surface area contributed by atoms with Crippen LogP contribution >= 0.6 is 0 Å². The Kier molecular flexibility index (Phi) is 8.17. The van der Waals surface area contributed by atoms with Gasteiger partial charge in [0.2, 0.25) is 0 Å². The fourth-order valence-electron chi connectivity index (χ4n) is 3.04. The van der Waals surface area contributed by atoms with E-state index in [1.165, 1.54) is 25.7 Å². The summed E-state index contributed by atoms with van der Waals surface area (Å²) in [4.78, 5) is 29.8. The van der Waals surface area contributed by atoms with E-state index in [4.69, 9.17) is 10.6 Å². The first-order valence-corrected chi connectivity index (χ1v) is 10.5. The normalized spacial score (nSPS) is 12.1. The number of nitrogens with one attached hydrogen (secondary N) is 1. The Morgan fingerprint density at radius 1 is 1.37 bits per heavy atom. The van der Waals surface area contributed by atoms with Crippen molar-refractivity contribution in [2.45, 2.75) is 20.4 Å². The molecule has 0 aromatic carbocycles. The SMILES string of the molecule is C=C(F)/C(=C\C=C/C)Cn1nc(-c2ncc(NC(=O)c3ccncc3)c(N)n2)cc1/C(C)=N/OC. The van der Waals surface area contributed by atoms with Crippen LogP contribution in [0.15, 0.2) is 78.2 Å². The van der Waals surface area contributed by atoms with Gasteiger partial charge in [-0.3, -0.25) is 14.5 Å². The molecule has 11 heteroatoms. The second-order valence-corrected chi connectivity index (χ2v) is 7.24. The molecule has 10 nitrogen and oxygen atoms in total. The van der Waals surface area contributed by atoms with E-state index in [1.54, 1.807) is 48.0 Å². The number of nitrogen functional groups attached to an aromatic ring is 1. The van der Waals surface area contributed by atoms with E-state index in [1.807, 2.05) is 6.92 Å². The lowest BCUT2D eigenvalue weighted by Gasteiger charge is -2.09. The molecule has 0 fully saturated rings. The number of rotatable bonds is 9. The molecular weight excluding hydrogens is 451 g/mol. The van der Waals surface area contributed by atoms with E-state index in [2.05, 4.69) is 37.1 Å². The summed E-state index contributed by atoms with van der Waals surface area (Å²) in [6.45, 7) is 7.04. The van der Waals surface area contributed by atoms with Crippen LogP contribution in [-0.4, -0.2) is 43.5 Å². The lowest BCUT2D eigenvalue weighted by atomic mass is 10.2. The van der Waals surface area contributed by atoms with Gasteiger partial charge in [-0.25, -0.2) is 14.4 Å². The quantitative estimate of drug-likeness (QED) is 0.272. The molecule has 180 valence electrons. The molecule has 1 amide bonds. The Morgan fingerprint density at radius 3 is 2.74 bits per heavy atom. The van der Waals surface area contributed by atoms with E-state index >= 15 is 0 Å². The maximum Gasteiger partial charge on any atom is 0.255 e. The Balaban J connectivity index is 1.94. The second kappa shape index (κ2) is 11.5. The van der Waals surface area contributed by atoms with Gasteiger partial charge in [0.05, 0.1) is 18.4 Å². The highest BCUT2D eigenvalue weighted by Crippen LogP contribution is 2.23. The van der Waals surface area contributed by atoms with Gasteiger partial charge in [0.15, 0.2) is 11.6 Å². The molecule has 3 N–H and O–H groups in total. The zero-order chi connectivity index (χ0) is 25.4. The molecule has 3 heterocycles. The Bertz CT molecular complexity index is 1310. The van der Waals surface area contributed by atoms with Crippen LogP contribution in [0.25, 0.3) is 11.5 Å². The second-order valence-electron chi connectivity index (χ2n) is 7.24. The molecule has 0 unspecified atom stereocenters. The monoisotopic (exact) mass is 476 g/mol. The number of pyridine rings is 1. The van der Waals surface area contributed by atoms with Crippen LogP contribution in [0.1, 0.15) is 29.9 Å². The Labute approximate surface area is 201 Å². The maximum absolute atomic E-state index is 14.0. The van der Waals surface area contributed by atoms with Gasteiger partial charge in [-0.2, -0.15) is 5.10 Å². The number of carbonyl (C=O) groups is 1. The molecule has 0 radical (unpaired) electrons. The van der Waals surface area contributed by atoms with Crippen molar-refractivity contribution in [3.05, 3.63) is 84.3 Å². The number of nitrogens with zero attached hydrogens (tertiary/aromatic N) is 6. The fraction of sp³-hybridized carbons (Fsp3) is 0.167. The number of carbonyl (C=O) groups excluding carboxylic acids is 1. The summed E-state index contributed by atoms with van der Waals surface area (Å²) < 4.78 is 15.6. The molecule has 0 aliphatic rings. The largest absolute Gasteiger partial charge is 0.399 e. The minimum absolute atomic E-state index is 0.0570. The molecule has 0 saturated carbocycles. The third-order valence-electron chi connectivity index (χ3n) is 4.78. The van der Waals surface area contributed by atoms with Crippen molar-refractivity contribution in [2.75, 3.05) is 18.2 Å². The zero-order valence-electron chi connectivity index (χ0n) is 19.6. The summed E-state index contributed by atoms with van der Waals surface area (Å²) in [5.41, 5.74) is 8.52. The number of aromatic nitrogens is 5. The van der Waals surface area contributed by atoms with Crippen molar-refractivity contribution in [2.24, 2.45) is 5.16 Å². The highest BCUT2D eigenvalue weighted by atomic mass is 19.1. The minimum atomic E-state index is -0.581. The molecule has 0 saturated heterocycles. The average Bonchev–Trinajstić information content (AvgIpc) is 3.27. The zero-order valence-corrected chi connectivity index (χ0v) is 19.6. The molecule has 0 bridgehead atoms. The van der Waals surface area contributed by atoms with E-state index < -0.39 is 5.83 Å². The average molecular weight is 477 g/mol. The summed E-state index contributed by atoms with van der Waals surface area (Å²) in [6, 6.07) is 4.84. The van der Waals surface area contributed by atoms with Crippen LogP contribution in [0.4, 0.5) is 15.9 Å². The van der Waals surface area contributed by atoms with Crippen molar-refractivity contribution >= 4 is 23.1 Å².